The first-order valence-electron chi connectivity index (χ1n) is 12.9. The fourth-order valence-electron chi connectivity index (χ4n) is 5.14. The molecule has 4 rings (SSSR count). The van der Waals surface area contributed by atoms with Crippen LogP contribution < -0.4 is 5.32 Å². The molecule has 4 amide bonds. The molecule has 2 aromatic carbocycles. The molecular formula is C29H31Cl2N3O4. The van der Waals surface area contributed by atoms with Crippen LogP contribution in [0.1, 0.15) is 37.3 Å². The van der Waals surface area contributed by atoms with Crippen molar-refractivity contribution in [1.82, 2.24) is 15.1 Å². The largest absolute Gasteiger partial charge is 0.355 e. The highest BCUT2D eigenvalue weighted by molar-refractivity contribution is 6.36. The minimum absolute atomic E-state index is 0.00301. The molecule has 1 fully saturated rings. The van der Waals surface area contributed by atoms with Crippen molar-refractivity contribution in [3.63, 3.8) is 0 Å². The third kappa shape index (κ3) is 6.11. The number of imide groups is 1. The highest BCUT2D eigenvalue weighted by Gasteiger charge is 2.47. The summed E-state index contributed by atoms with van der Waals surface area (Å²) in [6, 6.07) is 13.7. The monoisotopic (exact) mass is 555 g/mol. The maximum absolute atomic E-state index is 13.8. The zero-order valence-electron chi connectivity index (χ0n) is 21.2. The summed E-state index contributed by atoms with van der Waals surface area (Å²) in [5, 5.41) is 3.60. The number of fused-ring (bicyclic) bond motifs is 1. The summed E-state index contributed by atoms with van der Waals surface area (Å²) >= 11 is 12.9. The lowest BCUT2D eigenvalue weighted by molar-refractivity contribution is -0.144. The molecule has 1 saturated heterocycles. The van der Waals surface area contributed by atoms with Crippen LogP contribution in [0.25, 0.3) is 0 Å². The number of nitrogens with one attached hydrogen (secondary N) is 1. The fraction of sp³-hybridized carbons (Fsp3) is 0.379. The first-order valence-corrected chi connectivity index (χ1v) is 13.6. The van der Waals surface area contributed by atoms with Crippen molar-refractivity contribution in [3.05, 3.63) is 81.9 Å². The second-order valence-electron chi connectivity index (χ2n) is 9.56. The van der Waals surface area contributed by atoms with E-state index in [9.17, 15) is 19.2 Å². The van der Waals surface area contributed by atoms with Gasteiger partial charge in [-0.15, -0.1) is 0 Å². The van der Waals surface area contributed by atoms with Gasteiger partial charge in [0.25, 0.3) is 0 Å². The predicted octanol–water partition coefficient (Wildman–Crippen LogP) is 4.41. The van der Waals surface area contributed by atoms with Crippen molar-refractivity contribution in [1.29, 1.82) is 0 Å². The van der Waals surface area contributed by atoms with E-state index in [-0.39, 0.29) is 61.4 Å². The molecule has 0 bridgehead atoms. The van der Waals surface area contributed by atoms with Crippen molar-refractivity contribution < 1.29 is 19.2 Å². The van der Waals surface area contributed by atoms with Crippen LogP contribution in [0, 0.1) is 11.8 Å². The highest BCUT2D eigenvalue weighted by atomic mass is 35.5. The van der Waals surface area contributed by atoms with E-state index in [2.05, 4.69) is 5.32 Å². The molecule has 1 heterocycles. The number of rotatable bonds is 10. The Balaban J connectivity index is 1.61. The SMILES string of the molecule is CCNC(=O)[C@H](Cc1ccccc1)N(Cc1c(Cl)cccc1Cl)C(=O)CCN1C(=O)[C@H]2CC=CC[C@H]2C1=O. The van der Waals surface area contributed by atoms with Crippen LogP contribution in [-0.4, -0.2) is 52.6 Å². The average Bonchev–Trinajstić information content (AvgIpc) is 3.16. The normalized spacial score (nSPS) is 19.3. The van der Waals surface area contributed by atoms with E-state index < -0.39 is 6.04 Å². The van der Waals surface area contributed by atoms with Crippen molar-refractivity contribution in [2.24, 2.45) is 11.8 Å². The Morgan fingerprint density at radius 1 is 0.974 bits per heavy atom. The van der Waals surface area contributed by atoms with Gasteiger partial charge < -0.3 is 10.2 Å². The van der Waals surface area contributed by atoms with Crippen LogP contribution >= 0.6 is 23.2 Å². The number of nitrogens with zero attached hydrogens (tertiary/aromatic N) is 2. The van der Waals surface area contributed by atoms with Crippen molar-refractivity contribution in [2.75, 3.05) is 13.1 Å². The van der Waals surface area contributed by atoms with Gasteiger partial charge in [-0.25, -0.2) is 0 Å². The van der Waals surface area contributed by atoms with Gasteiger partial charge in [-0.2, -0.15) is 0 Å². The highest BCUT2D eigenvalue weighted by Crippen LogP contribution is 2.35. The third-order valence-corrected chi connectivity index (χ3v) is 7.87. The quantitative estimate of drug-likeness (QED) is 0.347. The van der Waals surface area contributed by atoms with E-state index in [0.29, 0.717) is 35.0 Å². The van der Waals surface area contributed by atoms with E-state index in [1.54, 1.807) is 18.2 Å². The molecule has 0 saturated carbocycles. The van der Waals surface area contributed by atoms with Gasteiger partial charge in [-0.3, -0.25) is 24.1 Å². The summed E-state index contributed by atoms with van der Waals surface area (Å²) < 4.78 is 0. The fourth-order valence-corrected chi connectivity index (χ4v) is 5.66. The van der Waals surface area contributed by atoms with Gasteiger partial charge in [-0.1, -0.05) is 71.8 Å². The molecule has 7 nitrogen and oxygen atoms in total. The van der Waals surface area contributed by atoms with Gasteiger partial charge in [0.2, 0.25) is 23.6 Å². The molecule has 200 valence electrons. The lowest BCUT2D eigenvalue weighted by Gasteiger charge is -2.32. The Morgan fingerprint density at radius 3 is 2.16 bits per heavy atom. The summed E-state index contributed by atoms with van der Waals surface area (Å²) in [5.41, 5.74) is 1.41. The molecule has 0 spiro atoms. The molecule has 38 heavy (non-hydrogen) atoms. The molecule has 3 atom stereocenters. The van der Waals surface area contributed by atoms with E-state index >= 15 is 0 Å². The van der Waals surface area contributed by atoms with Crippen molar-refractivity contribution >= 4 is 46.8 Å². The third-order valence-electron chi connectivity index (χ3n) is 7.16. The zero-order chi connectivity index (χ0) is 27.2. The lowest BCUT2D eigenvalue weighted by atomic mass is 9.85. The molecule has 9 heteroatoms. The number of carbonyl (C=O) groups is 4. The molecule has 1 aliphatic carbocycles. The second kappa shape index (κ2) is 12.6. The standard InChI is InChI=1S/C29H31Cl2N3O4/c1-2-32-27(36)25(17-19-9-4-3-5-10-19)34(18-22-23(30)13-8-14-24(22)31)26(35)15-16-33-28(37)20-11-6-7-12-21(20)29(33)38/h3-10,13-14,20-21,25H,2,11-12,15-18H2,1H3,(H,32,36)/t20-,21+,25-/m0/s1. The van der Waals surface area contributed by atoms with Crippen LogP contribution in [0.4, 0.5) is 0 Å². The van der Waals surface area contributed by atoms with E-state index in [1.165, 1.54) is 9.80 Å². The number of allylic oxidation sites excluding steroid dienone is 2. The number of likely N-dealkylation sites (tertiary alicyclic amines) is 1. The first-order chi connectivity index (χ1) is 18.3. The second-order valence-corrected chi connectivity index (χ2v) is 10.4. The molecule has 1 aliphatic heterocycles. The Labute approximate surface area is 232 Å². The number of benzene rings is 2. The van der Waals surface area contributed by atoms with Crippen LogP contribution in [-0.2, 0) is 32.1 Å². The minimum Gasteiger partial charge on any atom is -0.355 e. The van der Waals surface area contributed by atoms with Crippen molar-refractivity contribution in [3.8, 4) is 0 Å². The molecule has 2 aromatic rings. The topological polar surface area (TPSA) is 86.8 Å². The molecule has 1 N–H and O–H groups in total. The summed E-state index contributed by atoms with van der Waals surface area (Å²) in [6.45, 7) is 2.17. The number of amides is 4. The maximum atomic E-state index is 13.8. The zero-order valence-corrected chi connectivity index (χ0v) is 22.8. The van der Waals surface area contributed by atoms with E-state index in [1.807, 2.05) is 49.4 Å². The number of halogens is 2. The number of hydrogen-bond donors (Lipinski definition) is 1. The number of hydrogen-bond acceptors (Lipinski definition) is 4. The summed E-state index contributed by atoms with van der Waals surface area (Å²) in [5.74, 6) is -1.87. The van der Waals surface area contributed by atoms with Crippen LogP contribution in [0.15, 0.2) is 60.7 Å². The Hall–Kier alpha value is -3.16. The molecule has 0 unspecified atom stereocenters. The van der Waals surface area contributed by atoms with Crippen LogP contribution in [0.2, 0.25) is 10.0 Å². The number of likely N-dealkylation sites (N-methyl/N-ethyl adjacent to an activating group) is 1. The summed E-state index contributed by atoms with van der Waals surface area (Å²) in [6.07, 6.45) is 5.09. The summed E-state index contributed by atoms with van der Waals surface area (Å²) in [4.78, 5) is 55.6. The first kappa shape index (κ1) is 27.9. The summed E-state index contributed by atoms with van der Waals surface area (Å²) in [7, 11) is 0. The predicted molar refractivity (Wildman–Crippen MR) is 146 cm³/mol. The van der Waals surface area contributed by atoms with Gasteiger partial charge >= 0.3 is 0 Å². The molecule has 2 aliphatic rings. The lowest BCUT2D eigenvalue weighted by Crippen LogP contribution is -2.51. The molecule has 0 aromatic heterocycles. The van der Waals surface area contributed by atoms with E-state index in [0.717, 1.165) is 5.56 Å². The Kier molecular flexibility index (Phi) is 9.23. The number of carbonyl (C=O) groups excluding carboxylic acids is 4. The molecule has 0 radical (unpaired) electrons. The maximum Gasteiger partial charge on any atom is 0.243 e. The smallest absolute Gasteiger partial charge is 0.243 e. The van der Waals surface area contributed by atoms with E-state index in [4.69, 9.17) is 23.2 Å². The van der Waals surface area contributed by atoms with Crippen molar-refractivity contribution in [2.45, 2.75) is 45.2 Å². The average molecular weight is 556 g/mol. The Bertz CT molecular complexity index is 1190. The Morgan fingerprint density at radius 2 is 1.58 bits per heavy atom. The van der Waals surface area contributed by atoms with Crippen LogP contribution in [0.3, 0.4) is 0 Å². The van der Waals surface area contributed by atoms with Gasteiger partial charge in [0.15, 0.2) is 0 Å². The van der Waals surface area contributed by atoms with Gasteiger partial charge in [0.05, 0.1) is 11.8 Å². The minimum atomic E-state index is -0.853. The van der Waals surface area contributed by atoms with Crippen LogP contribution in [0.5, 0.6) is 0 Å². The van der Waals surface area contributed by atoms with Gasteiger partial charge in [0, 0.05) is 48.1 Å². The van der Waals surface area contributed by atoms with Gasteiger partial charge in [-0.05, 0) is 37.5 Å². The molecular weight excluding hydrogens is 525 g/mol. The van der Waals surface area contributed by atoms with Gasteiger partial charge in [0.1, 0.15) is 6.04 Å².